The highest BCUT2D eigenvalue weighted by Gasteiger charge is 2.52. The Bertz CT molecular complexity index is 1260. The summed E-state index contributed by atoms with van der Waals surface area (Å²) in [5, 5.41) is 0.617. The smallest absolute Gasteiger partial charge is 0.413 e. The van der Waals surface area contributed by atoms with Crippen LogP contribution >= 0.6 is 11.6 Å². The van der Waals surface area contributed by atoms with Gasteiger partial charge in [0, 0.05) is 25.2 Å². The third-order valence-corrected chi connectivity index (χ3v) is 8.12. The van der Waals surface area contributed by atoms with Crippen LogP contribution in [-0.4, -0.2) is 82.4 Å². The summed E-state index contributed by atoms with van der Waals surface area (Å²) in [5.74, 6) is -0.280. The molecule has 2 aromatic rings. The molecule has 2 aromatic carbocycles. The average molecular weight is 600 g/mol. The molecule has 1 unspecified atom stereocenters. The highest BCUT2D eigenvalue weighted by atomic mass is 35.5. The number of piperidine rings is 1. The van der Waals surface area contributed by atoms with Crippen molar-refractivity contribution in [1.29, 1.82) is 0 Å². The monoisotopic (exact) mass is 599 g/mol. The number of halogens is 1. The van der Waals surface area contributed by atoms with Gasteiger partial charge in [-0.3, -0.25) is 9.69 Å². The standard InChI is InChI=1S/C32H42ClN3O6/c1-30(2,3)42-28(38)35-18-10-17-32(22-35,19-23-13-15-25(33)16-14-23)34(6)27(37)26-21-41-31(4,5)36(26)29(39)40-20-24-11-8-7-9-12-24/h7-9,11-16,26H,10,17-22H2,1-6H3/t26?,32-/m1/s1. The fourth-order valence-corrected chi connectivity index (χ4v) is 5.82. The van der Waals surface area contributed by atoms with Gasteiger partial charge in [0.1, 0.15) is 24.0 Å². The number of amides is 3. The van der Waals surface area contributed by atoms with Crippen LogP contribution in [-0.2, 0) is 32.0 Å². The van der Waals surface area contributed by atoms with Gasteiger partial charge in [0.2, 0.25) is 5.91 Å². The first-order valence-corrected chi connectivity index (χ1v) is 14.7. The third kappa shape index (κ3) is 7.36. The normalized spacial score (nSPS) is 22.0. The fourth-order valence-electron chi connectivity index (χ4n) is 5.69. The maximum atomic E-state index is 14.3. The molecule has 4 rings (SSSR count). The molecular formula is C32H42ClN3O6. The van der Waals surface area contributed by atoms with E-state index in [2.05, 4.69) is 0 Å². The van der Waals surface area contributed by atoms with Crippen LogP contribution in [0.3, 0.4) is 0 Å². The molecule has 0 aliphatic carbocycles. The third-order valence-electron chi connectivity index (χ3n) is 7.87. The second-order valence-electron chi connectivity index (χ2n) is 12.6. The van der Waals surface area contributed by atoms with Crippen LogP contribution in [0.4, 0.5) is 9.59 Å². The van der Waals surface area contributed by atoms with Gasteiger partial charge in [-0.15, -0.1) is 0 Å². The van der Waals surface area contributed by atoms with Gasteiger partial charge < -0.3 is 24.0 Å². The van der Waals surface area contributed by atoms with Crippen LogP contribution in [0.2, 0.25) is 5.02 Å². The molecule has 42 heavy (non-hydrogen) atoms. The fraction of sp³-hybridized carbons (Fsp3) is 0.531. The van der Waals surface area contributed by atoms with E-state index in [0.717, 1.165) is 11.1 Å². The zero-order valence-electron chi connectivity index (χ0n) is 25.4. The Labute approximate surface area is 253 Å². The lowest BCUT2D eigenvalue weighted by molar-refractivity contribution is -0.143. The Kier molecular flexibility index (Phi) is 9.42. The van der Waals surface area contributed by atoms with Gasteiger partial charge in [0.05, 0.1) is 12.1 Å². The number of carbonyl (C=O) groups excluding carboxylic acids is 3. The number of rotatable bonds is 6. The summed E-state index contributed by atoms with van der Waals surface area (Å²) in [5.41, 5.74) is -0.634. The van der Waals surface area contributed by atoms with E-state index in [1.54, 1.807) is 30.7 Å². The molecule has 10 heteroatoms. The van der Waals surface area contributed by atoms with E-state index >= 15 is 0 Å². The highest BCUT2D eigenvalue weighted by molar-refractivity contribution is 6.30. The van der Waals surface area contributed by atoms with Crippen molar-refractivity contribution in [2.75, 3.05) is 26.7 Å². The molecule has 0 saturated carbocycles. The molecule has 0 bridgehead atoms. The number of benzene rings is 2. The number of carbonyl (C=O) groups is 3. The first-order valence-electron chi connectivity index (χ1n) is 14.3. The van der Waals surface area contributed by atoms with Crippen molar-refractivity contribution >= 4 is 29.7 Å². The maximum absolute atomic E-state index is 14.3. The first kappa shape index (κ1) is 31.6. The van der Waals surface area contributed by atoms with E-state index in [4.69, 9.17) is 25.8 Å². The molecule has 2 fully saturated rings. The minimum absolute atomic E-state index is 0.0312. The minimum atomic E-state index is -1.05. The molecule has 2 aliphatic rings. The van der Waals surface area contributed by atoms with Crippen LogP contribution in [0.25, 0.3) is 0 Å². The lowest BCUT2D eigenvalue weighted by Crippen LogP contribution is -2.64. The van der Waals surface area contributed by atoms with Gasteiger partial charge in [0.25, 0.3) is 0 Å². The Morgan fingerprint density at radius 3 is 2.33 bits per heavy atom. The van der Waals surface area contributed by atoms with Crippen molar-refractivity contribution in [3.05, 3.63) is 70.7 Å². The molecule has 0 N–H and O–H groups in total. The summed E-state index contributed by atoms with van der Waals surface area (Å²) in [6, 6.07) is 16.0. The SMILES string of the molecule is CN(C(=O)C1COC(C)(C)N1C(=O)OCc1ccccc1)[C@@]1(Cc2ccc(Cl)cc2)CCCN(C(=O)OC(C)(C)C)C1. The largest absolute Gasteiger partial charge is 0.444 e. The number of likely N-dealkylation sites (tertiary alicyclic amines) is 1. The lowest BCUT2D eigenvalue weighted by atomic mass is 9.81. The average Bonchev–Trinajstić information content (AvgIpc) is 3.26. The van der Waals surface area contributed by atoms with Crippen LogP contribution < -0.4 is 0 Å². The molecule has 2 atom stereocenters. The van der Waals surface area contributed by atoms with Gasteiger partial charge in [-0.05, 0) is 77.1 Å². The van der Waals surface area contributed by atoms with Crippen LogP contribution in [0.15, 0.2) is 54.6 Å². The van der Waals surface area contributed by atoms with Crippen LogP contribution in [0, 0.1) is 0 Å². The number of likely N-dealkylation sites (N-methyl/N-ethyl adjacent to an activating group) is 1. The highest BCUT2D eigenvalue weighted by Crippen LogP contribution is 2.35. The molecule has 2 aliphatic heterocycles. The van der Waals surface area contributed by atoms with Gasteiger partial charge in [0.15, 0.2) is 0 Å². The van der Waals surface area contributed by atoms with Crippen molar-refractivity contribution in [1.82, 2.24) is 14.7 Å². The first-order chi connectivity index (χ1) is 19.7. The molecule has 0 spiro atoms. The van der Waals surface area contributed by atoms with Crippen LogP contribution in [0.5, 0.6) is 0 Å². The molecule has 2 heterocycles. The zero-order chi connectivity index (χ0) is 30.7. The maximum Gasteiger partial charge on any atom is 0.413 e. The van der Waals surface area contributed by atoms with Gasteiger partial charge in [-0.25, -0.2) is 9.59 Å². The van der Waals surface area contributed by atoms with E-state index < -0.39 is 35.1 Å². The second-order valence-corrected chi connectivity index (χ2v) is 13.1. The van der Waals surface area contributed by atoms with E-state index in [9.17, 15) is 14.4 Å². The summed E-state index contributed by atoms with van der Waals surface area (Å²) in [7, 11) is 1.75. The number of ether oxygens (including phenoxy) is 3. The second kappa shape index (κ2) is 12.5. The van der Waals surface area contributed by atoms with Crippen LogP contribution in [0.1, 0.15) is 58.6 Å². The van der Waals surface area contributed by atoms with Crippen molar-refractivity contribution in [3.8, 4) is 0 Å². The lowest BCUT2D eigenvalue weighted by Gasteiger charge is -2.49. The molecular weight excluding hydrogens is 558 g/mol. The molecule has 0 aromatic heterocycles. The van der Waals surface area contributed by atoms with Crippen molar-refractivity contribution in [2.24, 2.45) is 0 Å². The number of hydrogen-bond donors (Lipinski definition) is 0. The Balaban J connectivity index is 1.60. The summed E-state index contributed by atoms with van der Waals surface area (Å²) >= 11 is 6.15. The summed E-state index contributed by atoms with van der Waals surface area (Å²) in [4.78, 5) is 45.6. The summed E-state index contributed by atoms with van der Waals surface area (Å²) < 4.78 is 17.3. The molecule has 228 valence electrons. The molecule has 9 nitrogen and oxygen atoms in total. The summed E-state index contributed by atoms with van der Waals surface area (Å²) in [6.45, 7) is 9.91. The van der Waals surface area contributed by atoms with Crippen molar-refractivity contribution in [2.45, 2.75) is 83.4 Å². The van der Waals surface area contributed by atoms with Crippen molar-refractivity contribution < 1.29 is 28.6 Å². The quantitative estimate of drug-likeness (QED) is 0.412. The topological polar surface area (TPSA) is 88.6 Å². The predicted molar refractivity (Wildman–Crippen MR) is 160 cm³/mol. The summed E-state index contributed by atoms with van der Waals surface area (Å²) in [6.07, 6.45) is 0.784. The minimum Gasteiger partial charge on any atom is -0.444 e. The Morgan fingerprint density at radius 1 is 1.02 bits per heavy atom. The van der Waals surface area contributed by atoms with Gasteiger partial charge in [-0.1, -0.05) is 54.1 Å². The Hall–Kier alpha value is -3.30. The van der Waals surface area contributed by atoms with E-state index in [1.165, 1.54) is 4.90 Å². The van der Waals surface area contributed by atoms with E-state index in [-0.39, 0.29) is 25.7 Å². The van der Waals surface area contributed by atoms with E-state index in [0.29, 0.717) is 30.8 Å². The molecule has 0 radical (unpaired) electrons. The predicted octanol–water partition coefficient (Wildman–Crippen LogP) is 5.88. The zero-order valence-corrected chi connectivity index (χ0v) is 26.1. The van der Waals surface area contributed by atoms with Gasteiger partial charge in [-0.2, -0.15) is 0 Å². The number of hydrogen-bond acceptors (Lipinski definition) is 6. The van der Waals surface area contributed by atoms with Crippen molar-refractivity contribution in [3.63, 3.8) is 0 Å². The Morgan fingerprint density at radius 2 is 1.69 bits per heavy atom. The molecule has 2 saturated heterocycles. The van der Waals surface area contributed by atoms with Gasteiger partial charge >= 0.3 is 12.2 Å². The van der Waals surface area contributed by atoms with E-state index in [1.807, 2.05) is 75.4 Å². The number of nitrogens with zero attached hydrogens (tertiary/aromatic N) is 3. The molecule has 3 amide bonds.